The highest BCUT2D eigenvalue weighted by atomic mass is 16.5. The third kappa shape index (κ3) is 2.32. The summed E-state index contributed by atoms with van der Waals surface area (Å²) in [6, 6.07) is 0. The summed E-state index contributed by atoms with van der Waals surface area (Å²) in [5.41, 5.74) is -1.45. The van der Waals surface area contributed by atoms with E-state index in [4.69, 9.17) is 9.84 Å². The lowest BCUT2D eigenvalue weighted by atomic mass is 9.41. The van der Waals surface area contributed by atoms with Gasteiger partial charge in [0.1, 0.15) is 11.9 Å². The number of carboxylic acid groups (broad SMARTS) is 1. The van der Waals surface area contributed by atoms with Crippen molar-refractivity contribution >= 4 is 12.3 Å². The van der Waals surface area contributed by atoms with E-state index in [1.165, 1.54) is 6.08 Å². The largest absolute Gasteiger partial charge is 0.494 e. The van der Waals surface area contributed by atoms with E-state index in [9.17, 15) is 19.8 Å². The van der Waals surface area contributed by atoms with Gasteiger partial charge in [-0.15, -0.1) is 0 Å². The van der Waals surface area contributed by atoms with E-state index in [1.54, 1.807) is 12.3 Å². The molecule has 3 N–H and O–H groups in total. The number of fused-ring (bicyclic) bond motifs is 3. The maximum atomic E-state index is 12.6. The van der Waals surface area contributed by atoms with Crippen molar-refractivity contribution in [2.24, 2.45) is 28.6 Å². The fourth-order valence-electron chi connectivity index (χ4n) is 8.51. The molecule has 0 amide bonds. The van der Waals surface area contributed by atoms with Crippen LogP contribution in [-0.4, -0.2) is 44.9 Å². The van der Waals surface area contributed by atoms with Gasteiger partial charge in [0.2, 0.25) is 0 Å². The van der Waals surface area contributed by atoms with Gasteiger partial charge < -0.3 is 24.9 Å². The zero-order chi connectivity index (χ0) is 21.4. The van der Waals surface area contributed by atoms with Crippen LogP contribution >= 0.6 is 0 Å². The number of ether oxygens (including phenoxy) is 1. The fourth-order valence-corrected chi connectivity index (χ4v) is 8.51. The maximum Gasteiger partial charge on any atom is 0.328 e. The van der Waals surface area contributed by atoms with Crippen molar-refractivity contribution in [3.8, 4) is 0 Å². The van der Waals surface area contributed by atoms with E-state index in [-0.39, 0.29) is 35.2 Å². The first-order valence-electron chi connectivity index (χ1n) is 11.4. The fraction of sp³-hybridized carbons (Fsp3) is 0.750. The molecular formula is C24H32O6. The smallest absolute Gasteiger partial charge is 0.328 e. The number of carbonyl (C=O) groups is 2. The molecule has 4 aliphatic carbocycles. The molecule has 0 aromatic heterocycles. The Hall–Kier alpha value is -1.66. The number of aliphatic hydroxyl groups excluding tert-OH is 1. The summed E-state index contributed by atoms with van der Waals surface area (Å²) in [5, 5.41) is 30.8. The minimum Gasteiger partial charge on any atom is -0.494 e. The highest BCUT2D eigenvalue weighted by Gasteiger charge is 2.73. The van der Waals surface area contributed by atoms with Crippen molar-refractivity contribution in [1.82, 2.24) is 0 Å². The first-order valence-corrected chi connectivity index (χ1v) is 11.4. The molecule has 0 unspecified atom stereocenters. The van der Waals surface area contributed by atoms with E-state index < -0.39 is 23.1 Å². The SMILES string of the molecule is C[C@]12CC[C@H]3[C@@H](CC[C@]4(O)C[C@@H](O)CC[C@]34C=O)[C@@]13CC[C@@H]2C(C=CC(=O)O)=CO3. The van der Waals surface area contributed by atoms with Crippen LogP contribution in [0.4, 0.5) is 0 Å². The molecule has 0 aromatic rings. The second-order valence-corrected chi connectivity index (χ2v) is 10.7. The molecule has 4 saturated carbocycles. The molecule has 5 aliphatic rings. The topological polar surface area (TPSA) is 104 Å². The zero-order valence-electron chi connectivity index (χ0n) is 17.5. The van der Waals surface area contributed by atoms with Crippen LogP contribution < -0.4 is 0 Å². The highest BCUT2D eigenvalue weighted by Crippen LogP contribution is 2.72. The molecule has 8 atom stereocenters. The Bertz CT molecular complexity index is 834. The van der Waals surface area contributed by atoms with Crippen molar-refractivity contribution in [3.05, 3.63) is 24.0 Å². The lowest BCUT2D eigenvalue weighted by molar-refractivity contribution is -0.253. The molecule has 5 rings (SSSR count). The summed E-state index contributed by atoms with van der Waals surface area (Å²) in [6.45, 7) is 2.28. The average Bonchev–Trinajstić information content (AvgIpc) is 2.87. The van der Waals surface area contributed by atoms with Crippen molar-refractivity contribution in [2.45, 2.75) is 82.0 Å². The quantitative estimate of drug-likeness (QED) is 0.483. The number of carbonyl (C=O) groups excluding carboxylic acids is 1. The number of aliphatic carboxylic acids is 1. The normalized spacial score (nSPS) is 51.9. The Morgan fingerprint density at radius 2 is 1.90 bits per heavy atom. The second-order valence-electron chi connectivity index (χ2n) is 10.7. The van der Waals surface area contributed by atoms with Crippen LogP contribution in [0, 0.1) is 28.6 Å². The number of aliphatic hydroxyl groups is 2. The van der Waals surface area contributed by atoms with Crippen molar-refractivity contribution in [2.75, 3.05) is 0 Å². The standard InChI is InChI=1S/C24H32O6/c1-21-8-5-18-19(6-10-23(29)12-16(26)4-9-22(18,23)14-25)24(21)11-7-17(21)15(13-30-24)2-3-20(27)28/h2-3,13-14,16-19,26,29H,4-12H2,1H3,(H,27,28)/t16-,17+,18-,19+,21+,22-,23-,24-/m0/s1. The average molecular weight is 417 g/mol. The van der Waals surface area contributed by atoms with Gasteiger partial charge in [0, 0.05) is 23.8 Å². The Balaban J connectivity index is 1.54. The summed E-state index contributed by atoms with van der Waals surface area (Å²) in [4.78, 5) is 23.6. The van der Waals surface area contributed by atoms with Crippen LogP contribution in [0.25, 0.3) is 0 Å². The molecule has 1 heterocycles. The van der Waals surface area contributed by atoms with Crippen LogP contribution in [0.3, 0.4) is 0 Å². The molecule has 164 valence electrons. The maximum absolute atomic E-state index is 12.6. The Morgan fingerprint density at radius 3 is 2.63 bits per heavy atom. The number of carboxylic acids is 1. The third-order valence-electron chi connectivity index (χ3n) is 9.90. The molecule has 30 heavy (non-hydrogen) atoms. The first-order chi connectivity index (χ1) is 14.2. The molecule has 0 spiro atoms. The Labute approximate surface area is 177 Å². The molecule has 6 heteroatoms. The molecule has 2 bridgehead atoms. The molecule has 4 fully saturated rings. The number of aldehydes is 1. The van der Waals surface area contributed by atoms with Crippen LogP contribution in [0.2, 0.25) is 0 Å². The molecule has 6 nitrogen and oxygen atoms in total. The predicted molar refractivity (Wildman–Crippen MR) is 108 cm³/mol. The third-order valence-corrected chi connectivity index (χ3v) is 9.90. The Kier molecular flexibility index (Phi) is 4.34. The minimum atomic E-state index is -1.13. The van der Waals surface area contributed by atoms with Gasteiger partial charge in [-0.05, 0) is 74.9 Å². The number of allylic oxidation sites excluding steroid dienone is 2. The summed E-state index contributed by atoms with van der Waals surface area (Å²) < 4.78 is 6.55. The molecule has 1 aliphatic heterocycles. The van der Waals surface area contributed by atoms with E-state index in [1.807, 2.05) is 0 Å². The summed E-state index contributed by atoms with van der Waals surface area (Å²) in [5.74, 6) is -0.469. The lowest BCUT2D eigenvalue weighted by Gasteiger charge is -2.66. The van der Waals surface area contributed by atoms with Gasteiger partial charge in [0.25, 0.3) is 0 Å². The van der Waals surface area contributed by atoms with Gasteiger partial charge in [-0.1, -0.05) is 6.92 Å². The number of hydrogen-bond donors (Lipinski definition) is 3. The van der Waals surface area contributed by atoms with Crippen LogP contribution in [0.1, 0.15) is 64.7 Å². The molecule has 0 radical (unpaired) electrons. The van der Waals surface area contributed by atoms with Gasteiger partial charge in [0.05, 0.1) is 23.4 Å². The highest BCUT2D eigenvalue weighted by molar-refractivity contribution is 5.80. The van der Waals surface area contributed by atoms with Gasteiger partial charge in [-0.3, -0.25) is 0 Å². The summed E-state index contributed by atoms with van der Waals surface area (Å²) in [7, 11) is 0. The minimum absolute atomic E-state index is 0.0533. The van der Waals surface area contributed by atoms with E-state index in [2.05, 4.69) is 6.92 Å². The molecular weight excluding hydrogens is 384 g/mol. The van der Waals surface area contributed by atoms with Crippen LogP contribution in [0.15, 0.2) is 24.0 Å². The first kappa shape index (κ1) is 20.3. The zero-order valence-corrected chi connectivity index (χ0v) is 17.5. The van der Waals surface area contributed by atoms with Crippen molar-refractivity contribution < 1.29 is 29.6 Å². The van der Waals surface area contributed by atoms with Crippen molar-refractivity contribution in [3.63, 3.8) is 0 Å². The van der Waals surface area contributed by atoms with Crippen molar-refractivity contribution in [1.29, 1.82) is 0 Å². The van der Waals surface area contributed by atoms with E-state index in [0.717, 1.165) is 44.0 Å². The van der Waals surface area contributed by atoms with Gasteiger partial charge >= 0.3 is 5.97 Å². The predicted octanol–water partition coefficient (Wildman–Crippen LogP) is 2.98. The van der Waals surface area contributed by atoms with Crippen LogP contribution in [-0.2, 0) is 14.3 Å². The summed E-state index contributed by atoms with van der Waals surface area (Å²) in [6.07, 6.45) is 11.4. The molecule has 0 aromatic carbocycles. The van der Waals surface area contributed by atoms with Crippen LogP contribution in [0.5, 0.6) is 0 Å². The Morgan fingerprint density at radius 1 is 1.13 bits per heavy atom. The van der Waals surface area contributed by atoms with Gasteiger partial charge in [-0.25, -0.2) is 4.79 Å². The lowest BCUT2D eigenvalue weighted by Crippen LogP contribution is -2.69. The van der Waals surface area contributed by atoms with E-state index in [0.29, 0.717) is 19.3 Å². The van der Waals surface area contributed by atoms with Gasteiger partial charge in [0.15, 0.2) is 0 Å². The number of hydrogen-bond acceptors (Lipinski definition) is 5. The number of rotatable bonds is 3. The van der Waals surface area contributed by atoms with Gasteiger partial charge in [-0.2, -0.15) is 0 Å². The second kappa shape index (κ2) is 6.42. The summed E-state index contributed by atoms with van der Waals surface area (Å²) >= 11 is 0. The monoisotopic (exact) mass is 416 g/mol. The molecule has 0 saturated heterocycles. The van der Waals surface area contributed by atoms with E-state index >= 15 is 0 Å².